The maximum absolute atomic E-state index is 13.4. The van der Waals surface area contributed by atoms with Gasteiger partial charge in [-0.15, -0.1) is 0 Å². The van der Waals surface area contributed by atoms with Crippen LogP contribution in [0.5, 0.6) is 0 Å². The highest BCUT2D eigenvalue weighted by molar-refractivity contribution is 5.62. The lowest BCUT2D eigenvalue weighted by Crippen LogP contribution is -2.08. The van der Waals surface area contributed by atoms with Gasteiger partial charge in [0.1, 0.15) is 17.3 Å². The predicted octanol–water partition coefficient (Wildman–Crippen LogP) is 3.67. The number of nitrogens with one attached hydrogen (secondary N) is 1. The van der Waals surface area contributed by atoms with Crippen molar-refractivity contribution in [2.75, 3.05) is 11.9 Å². The Morgan fingerprint density at radius 2 is 1.86 bits per heavy atom. The van der Waals surface area contributed by atoms with Gasteiger partial charge in [0.25, 0.3) is 0 Å². The van der Waals surface area contributed by atoms with Gasteiger partial charge in [-0.1, -0.05) is 12.1 Å². The van der Waals surface area contributed by atoms with Crippen LogP contribution in [-0.2, 0) is 6.42 Å². The first-order chi connectivity index (χ1) is 9.97. The smallest absolute Gasteiger partial charge is 0.327 e. The summed E-state index contributed by atoms with van der Waals surface area (Å²) in [7, 11) is 0. The number of rotatable bonds is 5. The summed E-state index contributed by atoms with van der Waals surface area (Å²) in [6, 6.07) is 7.15. The molecule has 0 saturated carbocycles. The number of anilines is 1. The van der Waals surface area contributed by atoms with Crippen LogP contribution in [0.4, 0.5) is 24.5 Å². The molecular weight excluding hydrogens is 285 g/mol. The fourth-order valence-corrected chi connectivity index (χ4v) is 1.92. The first-order valence-corrected chi connectivity index (χ1v) is 6.09. The van der Waals surface area contributed by atoms with E-state index in [2.05, 4.69) is 5.32 Å². The van der Waals surface area contributed by atoms with E-state index < -0.39 is 28.1 Å². The van der Waals surface area contributed by atoms with Gasteiger partial charge < -0.3 is 5.32 Å². The molecule has 0 saturated heterocycles. The maximum atomic E-state index is 13.4. The zero-order valence-corrected chi connectivity index (χ0v) is 10.8. The lowest BCUT2D eigenvalue weighted by molar-refractivity contribution is -0.386. The number of nitrogens with zero attached hydrogens (tertiary/aromatic N) is 1. The second kappa shape index (κ2) is 6.25. The van der Waals surface area contributed by atoms with Gasteiger partial charge in [-0.3, -0.25) is 10.1 Å². The van der Waals surface area contributed by atoms with Crippen LogP contribution in [0.2, 0.25) is 0 Å². The molecule has 0 bridgehead atoms. The van der Waals surface area contributed by atoms with Crippen LogP contribution in [0.15, 0.2) is 36.4 Å². The third-order valence-corrected chi connectivity index (χ3v) is 2.83. The van der Waals surface area contributed by atoms with E-state index in [1.807, 2.05) is 0 Å². The number of benzene rings is 2. The van der Waals surface area contributed by atoms with E-state index in [1.165, 1.54) is 18.2 Å². The predicted molar refractivity (Wildman–Crippen MR) is 71.6 cm³/mol. The fourth-order valence-electron chi connectivity index (χ4n) is 1.92. The SMILES string of the molecule is O=[N+]([O-])c1c(F)cc(F)cc1NCCc1cccc(F)c1. The van der Waals surface area contributed by atoms with Crippen molar-refractivity contribution in [3.63, 3.8) is 0 Å². The second-order valence-electron chi connectivity index (χ2n) is 4.35. The highest BCUT2D eigenvalue weighted by Crippen LogP contribution is 2.28. The van der Waals surface area contributed by atoms with Gasteiger partial charge in [0.05, 0.1) is 4.92 Å². The lowest BCUT2D eigenvalue weighted by atomic mass is 10.1. The molecule has 2 aromatic carbocycles. The van der Waals surface area contributed by atoms with E-state index in [-0.39, 0.29) is 12.2 Å². The molecule has 0 aromatic heterocycles. The molecule has 0 amide bonds. The van der Waals surface area contributed by atoms with Gasteiger partial charge >= 0.3 is 5.69 Å². The quantitative estimate of drug-likeness (QED) is 0.676. The molecule has 0 heterocycles. The molecule has 0 unspecified atom stereocenters. The second-order valence-corrected chi connectivity index (χ2v) is 4.35. The minimum atomic E-state index is -1.24. The Kier molecular flexibility index (Phi) is 4.42. The number of halogens is 3. The largest absolute Gasteiger partial charge is 0.379 e. The van der Waals surface area contributed by atoms with Crippen LogP contribution < -0.4 is 5.32 Å². The summed E-state index contributed by atoms with van der Waals surface area (Å²) in [5, 5.41) is 13.4. The zero-order valence-electron chi connectivity index (χ0n) is 10.8. The lowest BCUT2D eigenvalue weighted by Gasteiger charge is -2.08. The summed E-state index contributed by atoms with van der Waals surface area (Å²) in [6.45, 7) is 0.174. The van der Waals surface area contributed by atoms with Crippen LogP contribution in [0, 0.1) is 27.6 Å². The summed E-state index contributed by atoms with van der Waals surface area (Å²) in [4.78, 5) is 9.87. The van der Waals surface area contributed by atoms with Crippen LogP contribution >= 0.6 is 0 Å². The van der Waals surface area contributed by atoms with E-state index in [0.717, 1.165) is 6.07 Å². The summed E-state index contributed by atoms with van der Waals surface area (Å²) in [6.07, 6.45) is 0.354. The van der Waals surface area contributed by atoms with Crippen molar-refractivity contribution in [3.05, 3.63) is 69.5 Å². The van der Waals surface area contributed by atoms with Gasteiger partial charge in [0, 0.05) is 18.7 Å². The number of nitro groups is 1. The van der Waals surface area contributed by atoms with Crippen molar-refractivity contribution in [2.24, 2.45) is 0 Å². The van der Waals surface area contributed by atoms with Gasteiger partial charge in [-0.2, -0.15) is 4.39 Å². The molecule has 0 atom stereocenters. The number of nitro benzene ring substituents is 1. The third kappa shape index (κ3) is 3.71. The topological polar surface area (TPSA) is 55.2 Å². The van der Waals surface area contributed by atoms with Crippen LogP contribution in [0.25, 0.3) is 0 Å². The third-order valence-electron chi connectivity index (χ3n) is 2.83. The molecule has 0 aliphatic rings. The normalized spacial score (nSPS) is 10.4. The maximum Gasteiger partial charge on any atom is 0.327 e. The molecular formula is C14H11F3N2O2. The minimum absolute atomic E-state index is 0.174. The van der Waals surface area contributed by atoms with Crippen LogP contribution in [0.3, 0.4) is 0 Å². The van der Waals surface area contributed by atoms with E-state index in [1.54, 1.807) is 6.07 Å². The molecule has 2 aromatic rings. The average Bonchev–Trinajstić information content (AvgIpc) is 2.37. The average molecular weight is 296 g/mol. The van der Waals surface area contributed by atoms with Crippen molar-refractivity contribution in [2.45, 2.75) is 6.42 Å². The molecule has 2 rings (SSSR count). The monoisotopic (exact) mass is 296 g/mol. The molecule has 0 aliphatic carbocycles. The van der Waals surface area contributed by atoms with Crippen molar-refractivity contribution in [3.8, 4) is 0 Å². The van der Waals surface area contributed by atoms with Crippen molar-refractivity contribution in [1.29, 1.82) is 0 Å². The number of hydrogen-bond acceptors (Lipinski definition) is 3. The highest BCUT2D eigenvalue weighted by Gasteiger charge is 2.21. The molecule has 0 spiro atoms. The molecule has 0 radical (unpaired) electrons. The highest BCUT2D eigenvalue weighted by atomic mass is 19.1. The van der Waals surface area contributed by atoms with Crippen molar-refractivity contribution < 1.29 is 18.1 Å². The molecule has 7 heteroatoms. The molecule has 110 valence electrons. The van der Waals surface area contributed by atoms with Crippen LogP contribution in [-0.4, -0.2) is 11.5 Å². The summed E-state index contributed by atoms with van der Waals surface area (Å²) in [5.41, 5.74) is -0.383. The van der Waals surface area contributed by atoms with Crippen molar-refractivity contribution >= 4 is 11.4 Å². The van der Waals surface area contributed by atoms with Gasteiger partial charge in [0.15, 0.2) is 0 Å². The Hall–Kier alpha value is -2.57. The summed E-state index contributed by atoms with van der Waals surface area (Å²) < 4.78 is 39.5. The Bertz CT molecular complexity index is 677. The Labute approximate surface area is 118 Å². The first kappa shape index (κ1) is 14.8. The standard InChI is InChI=1S/C14H11F3N2O2/c15-10-3-1-2-9(6-10)4-5-18-13-8-11(16)7-12(17)14(13)19(20)21/h1-3,6-8,18H,4-5H2. The van der Waals surface area contributed by atoms with E-state index in [4.69, 9.17) is 0 Å². The van der Waals surface area contributed by atoms with Gasteiger partial charge in [0.2, 0.25) is 5.82 Å². The Morgan fingerprint density at radius 3 is 2.52 bits per heavy atom. The minimum Gasteiger partial charge on any atom is -0.379 e. The fraction of sp³-hybridized carbons (Fsp3) is 0.143. The van der Waals surface area contributed by atoms with Gasteiger partial charge in [-0.25, -0.2) is 8.78 Å². The summed E-state index contributed by atoms with van der Waals surface area (Å²) in [5.74, 6) is -2.55. The van der Waals surface area contributed by atoms with E-state index >= 15 is 0 Å². The van der Waals surface area contributed by atoms with Crippen LogP contribution in [0.1, 0.15) is 5.56 Å². The number of hydrogen-bond donors (Lipinski definition) is 1. The molecule has 4 nitrogen and oxygen atoms in total. The van der Waals surface area contributed by atoms with E-state index in [9.17, 15) is 23.3 Å². The van der Waals surface area contributed by atoms with E-state index in [0.29, 0.717) is 18.1 Å². The first-order valence-electron chi connectivity index (χ1n) is 6.09. The molecule has 0 fully saturated rings. The summed E-state index contributed by atoms with van der Waals surface area (Å²) >= 11 is 0. The Morgan fingerprint density at radius 1 is 1.10 bits per heavy atom. The zero-order chi connectivity index (χ0) is 15.4. The van der Waals surface area contributed by atoms with Crippen molar-refractivity contribution in [1.82, 2.24) is 0 Å². The molecule has 1 N–H and O–H groups in total. The van der Waals surface area contributed by atoms with Gasteiger partial charge in [-0.05, 0) is 24.1 Å². The molecule has 0 aliphatic heterocycles. The Balaban J connectivity index is 2.11. The molecule has 21 heavy (non-hydrogen) atoms.